The van der Waals surface area contributed by atoms with Gasteiger partial charge >= 0.3 is 0 Å². The van der Waals surface area contributed by atoms with E-state index in [2.05, 4.69) is 10.2 Å². The quantitative estimate of drug-likeness (QED) is 0.759. The smallest absolute Gasteiger partial charge is 0.126 e. The third-order valence-corrected chi connectivity index (χ3v) is 2.67. The van der Waals surface area contributed by atoms with E-state index in [1.54, 1.807) is 23.3 Å². The molecule has 0 spiro atoms. The van der Waals surface area contributed by atoms with Gasteiger partial charge in [-0.25, -0.2) is 0 Å². The van der Waals surface area contributed by atoms with Crippen molar-refractivity contribution >= 4 is 0 Å². The van der Waals surface area contributed by atoms with Crippen LogP contribution in [0, 0.1) is 0 Å². The minimum Gasteiger partial charge on any atom is -0.467 e. The zero-order valence-corrected chi connectivity index (χ0v) is 9.60. The normalized spacial score (nSPS) is 12.5. The van der Waals surface area contributed by atoms with Gasteiger partial charge in [0.05, 0.1) is 18.1 Å². The summed E-state index contributed by atoms with van der Waals surface area (Å²) in [5, 5.41) is 8.56. The highest BCUT2D eigenvalue weighted by molar-refractivity contribution is 5.29. The van der Waals surface area contributed by atoms with Crippen LogP contribution in [0.5, 0.6) is 0 Å². The number of para-hydroxylation sites is 1. The maximum atomic E-state index is 6.04. The van der Waals surface area contributed by atoms with E-state index in [1.165, 1.54) is 0 Å². The third-order valence-electron chi connectivity index (χ3n) is 2.67. The molecule has 2 aromatic heterocycles. The standard InChI is InChI=1S/C13H12N4O/c14-13(12-7-4-8-18-12)11-9-15-17(16-11)10-5-2-1-3-6-10/h1-9,13H,14H2. The van der Waals surface area contributed by atoms with E-state index in [1.807, 2.05) is 36.4 Å². The van der Waals surface area contributed by atoms with Crippen LogP contribution in [0.2, 0.25) is 0 Å². The maximum absolute atomic E-state index is 6.04. The number of rotatable bonds is 3. The molecule has 0 fully saturated rings. The molecule has 0 radical (unpaired) electrons. The van der Waals surface area contributed by atoms with E-state index < -0.39 is 6.04 Å². The SMILES string of the molecule is NC(c1cnn(-c2ccccc2)n1)c1ccco1. The number of benzene rings is 1. The molecule has 0 aliphatic rings. The number of hydrogen-bond donors (Lipinski definition) is 1. The van der Waals surface area contributed by atoms with E-state index >= 15 is 0 Å². The van der Waals surface area contributed by atoms with Crippen LogP contribution in [-0.4, -0.2) is 15.0 Å². The lowest BCUT2D eigenvalue weighted by molar-refractivity contribution is 0.485. The van der Waals surface area contributed by atoms with Crippen molar-refractivity contribution < 1.29 is 4.42 Å². The van der Waals surface area contributed by atoms with Gasteiger partial charge in [0.2, 0.25) is 0 Å². The van der Waals surface area contributed by atoms with E-state index in [4.69, 9.17) is 10.2 Å². The lowest BCUT2D eigenvalue weighted by Crippen LogP contribution is -2.12. The monoisotopic (exact) mass is 240 g/mol. The molecule has 0 aliphatic heterocycles. The number of aromatic nitrogens is 3. The summed E-state index contributed by atoms with van der Waals surface area (Å²) in [5.74, 6) is 0.676. The fourth-order valence-electron chi connectivity index (χ4n) is 1.72. The van der Waals surface area contributed by atoms with Gasteiger partial charge in [0.1, 0.15) is 17.5 Å². The summed E-state index contributed by atoms with van der Waals surface area (Å²) in [5.41, 5.74) is 7.62. The van der Waals surface area contributed by atoms with Crippen LogP contribution in [0.1, 0.15) is 17.5 Å². The summed E-state index contributed by atoms with van der Waals surface area (Å²) in [6, 6.07) is 12.9. The molecule has 0 bridgehead atoms. The molecule has 1 unspecified atom stereocenters. The van der Waals surface area contributed by atoms with Gasteiger partial charge in [0.15, 0.2) is 0 Å². The fourth-order valence-corrected chi connectivity index (χ4v) is 1.72. The highest BCUT2D eigenvalue weighted by Crippen LogP contribution is 2.17. The highest BCUT2D eigenvalue weighted by Gasteiger charge is 2.15. The Balaban J connectivity index is 1.90. The summed E-state index contributed by atoms with van der Waals surface area (Å²) in [4.78, 5) is 1.55. The number of furan rings is 1. The summed E-state index contributed by atoms with van der Waals surface area (Å²) >= 11 is 0. The van der Waals surface area contributed by atoms with Gasteiger partial charge in [0, 0.05) is 0 Å². The summed E-state index contributed by atoms with van der Waals surface area (Å²) < 4.78 is 5.26. The van der Waals surface area contributed by atoms with Crippen LogP contribution >= 0.6 is 0 Å². The fraction of sp³-hybridized carbons (Fsp3) is 0.0769. The number of nitrogens with two attached hydrogens (primary N) is 1. The van der Waals surface area contributed by atoms with Crippen molar-refractivity contribution in [1.29, 1.82) is 0 Å². The lowest BCUT2D eigenvalue weighted by Gasteiger charge is -2.03. The second-order valence-corrected chi connectivity index (χ2v) is 3.89. The first-order valence-electron chi connectivity index (χ1n) is 5.61. The lowest BCUT2D eigenvalue weighted by atomic mass is 10.2. The van der Waals surface area contributed by atoms with E-state index in [0.717, 1.165) is 5.69 Å². The third kappa shape index (κ3) is 1.91. The Morgan fingerprint density at radius 3 is 2.67 bits per heavy atom. The van der Waals surface area contributed by atoms with Crippen LogP contribution < -0.4 is 5.73 Å². The van der Waals surface area contributed by atoms with Crippen molar-refractivity contribution in [1.82, 2.24) is 15.0 Å². The molecule has 2 heterocycles. The van der Waals surface area contributed by atoms with Crippen molar-refractivity contribution in [2.75, 3.05) is 0 Å². The molecule has 5 heteroatoms. The second kappa shape index (κ2) is 4.46. The molecule has 0 saturated carbocycles. The van der Waals surface area contributed by atoms with Crippen LogP contribution in [-0.2, 0) is 0 Å². The molecule has 3 rings (SSSR count). The Bertz CT molecular complexity index is 616. The van der Waals surface area contributed by atoms with Crippen molar-refractivity contribution in [2.45, 2.75) is 6.04 Å². The minimum atomic E-state index is -0.391. The predicted octanol–water partition coefficient (Wildman–Crippen LogP) is 1.91. The average molecular weight is 240 g/mol. The van der Waals surface area contributed by atoms with Gasteiger partial charge in [-0.15, -0.1) is 0 Å². The van der Waals surface area contributed by atoms with Gasteiger partial charge in [0.25, 0.3) is 0 Å². The first-order chi connectivity index (χ1) is 8.84. The Hall–Kier alpha value is -2.40. The average Bonchev–Trinajstić information content (AvgIpc) is 3.10. The Labute approximate surface area is 104 Å². The summed E-state index contributed by atoms with van der Waals surface area (Å²) in [7, 11) is 0. The molecule has 0 aliphatic carbocycles. The molecule has 90 valence electrons. The van der Waals surface area contributed by atoms with Crippen molar-refractivity contribution in [3.05, 3.63) is 66.4 Å². The predicted molar refractivity (Wildman–Crippen MR) is 66.1 cm³/mol. The molecule has 3 aromatic rings. The minimum absolute atomic E-state index is 0.391. The molecule has 0 amide bonds. The van der Waals surface area contributed by atoms with Crippen molar-refractivity contribution in [3.8, 4) is 5.69 Å². The van der Waals surface area contributed by atoms with Crippen LogP contribution in [0.25, 0.3) is 5.69 Å². The van der Waals surface area contributed by atoms with Gasteiger partial charge < -0.3 is 10.2 Å². The van der Waals surface area contributed by atoms with Crippen molar-refractivity contribution in [3.63, 3.8) is 0 Å². The van der Waals surface area contributed by atoms with Crippen molar-refractivity contribution in [2.24, 2.45) is 5.73 Å². The molecule has 1 atom stereocenters. The largest absolute Gasteiger partial charge is 0.467 e. The second-order valence-electron chi connectivity index (χ2n) is 3.89. The first kappa shape index (κ1) is 10.7. The molecule has 0 saturated heterocycles. The molecule has 5 nitrogen and oxygen atoms in total. The van der Waals surface area contributed by atoms with Gasteiger partial charge in [-0.3, -0.25) is 0 Å². The van der Waals surface area contributed by atoms with Crippen LogP contribution in [0.3, 0.4) is 0 Å². The molecule has 1 aromatic carbocycles. The number of hydrogen-bond acceptors (Lipinski definition) is 4. The zero-order valence-electron chi connectivity index (χ0n) is 9.60. The van der Waals surface area contributed by atoms with E-state index in [-0.39, 0.29) is 0 Å². The number of nitrogens with zero attached hydrogens (tertiary/aromatic N) is 3. The van der Waals surface area contributed by atoms with Crippen LogP contribution in [0.4, 0.5) is 0 Å². The summed E-state index contributed by atoms with van der Waals surface area (Å²) in [6.07, 6.45) is 3.25. The molecule has 18 heavy (non-hydrogen) atoms. The first-order valence-corrected chi connectivity index (χ1v) is 5.61. The van der Waals surface area contributed by atoms with E-state index in [9.17, 15) is 0 Å². The summed E-state index contributed by atoms with van der Waals surface area (Å²) in [6.45, 7) is 0. The Kier molecular flexibility index (Phi) is 2.66. The van der Waals surface area contributed by atoms with E-state index in [0.29, 0.717) is 11.5 Å². The maximum Gasteiger partial charge on any atom is 0.126 e. The zero-order chi connectivity index (χ0) is 12.4. The van der Waals surface area contributed by atoms with Gasteiger partial charge in [-0.1, -0.05) is 18.2 Å². The highest BCUT2D eigenvalue weighted by atomic mass is 16.3. The van der Waals surface area contributed by atoms with Crippen LogP contribution in [0.15, 0.2) is 59.3 Å². The molecule has 2 N–H and O–H groups in total. The molecular weight excluding hydrogens is 228 g/mol. The molecular formula is C13H12N4O. The Morgan fingerprint density at radius 1 is 1.11 bits per heavy atom. The Morgan fingerprint density at radius 2 is 1.94 bits per heavy atom. The van der Waals surface area contributed by atoms with Gasteiger partial charge in [-0.2, -0.15) is 15.0 Å². The topological polar surface area (TPSA) is 69.9 Å². The van der Waals surface area contributed by atoms with Gasteiger partial charge in [-0.05, 0) is 24.3 Å².